The fourth-order valence-corrected chi connectivity index (χ4v) is 3.12. The van der Waals surface area contributed by atoms with E-state index in [4.69, 9.17) is 4.74 Å². The maximum absolute atomic E-state index is 12.7. The Morgan fingerprint density at radius 1 is 1.36 bits per heavy atom. The van der Waals surface area contributed by atoms with Crippen LogP contribution in [0.2, 0.25) is 0 Å². The standard InChI is InChI=1S/C18H16N4O6/c1-3-7-28-17(24)12-9(2)19-15-14(16(23)21-18(25)20-15)13(12)10-5-4-6-11(8-10)22(26)27/h3-6,8,13H,1,7H2,2H3,(H3,19,20,21,23,25). The predicted molar refractivity (Wildman–Crippen MR) is 100 cm³/mol. The summed E-state index contributed by atoms with van der Waals surface area (Å²) in [5.41, 5.74) is -0.805. The molecule has 0 aliphatic carbocycles. The highest BCUT2D eigenvalue weighted by molar-refractivity contribution is 5.94. The van der Waals surface area contributed by atoms with Crippen molar-refractivity contribution >= 4 is 17.5 Å². The Morgan fingerprint density at radius 3 is 2.79 bits per heavy atom. The topological polar surface area (TPSA) is 147 Å². The molecule has 10 nitrogen and oxygen atoms in total. The summed E-state index contributed by atoms with van der Waals surface area (Å²) in [7, 11) is 0. The first-order valence-electron chi connectivity index (χ1n) is 8.20. The minimum Gasteiger partial charge on any atom is -0.458 e. The van der Waals surface area contributed by atoms with Crippen molar-refractivity contribution < 1.29 is 14.5 Å². The van der Waals surface area contributed by atoms with Gasteiger partial charge < -0.3 is 10.1 Å². The molecule has 1 aliphatic rings. The van der Waals surface area contributed by atoms with Crippen molar-refractivity contribution in [2.75, 3.05) is 11.9 Å². The summed E-state index contributed by atoms with van der Waals surface area (Å²) in [6, 6.07) is 5.59. The van der Waals surface area contributed by atoms with E-state index >= 15 is 0 Å². The van der Waals surface area contributed by atoms with Gasteiger partial charge in [0.15, 0.2) is 0 Å². The molecule has 1 atom stereocenters. The van der Waals surface area contributed by atoms with Crippen molar-refractivity contribution in [3.05, 3.63) is 90.3 Å². The van der Waals surface area contributed by atoms with Crippen LogP contribution in [0.3, 0.4) is 0 Å². The number of carbonyl (C=O) groups excluding carboxylic acids is 1. The normalized spacial score (nSPS) is 15.4. The van der Waals surface area contributed by atoms with Crippen molar-refractivity contribution in [1.29, 1.82) is 0 Å². The molecule has 1 aromatic carbocycles. The summed E-state index contributed by atoms with van der Waals surface area (Å²) in [4.78, 5) is 52.1. The number of ether oxygens (including phenoxy) is 1. The lowest BCUT2D eigenvalue weighted by Gasteiger charge is -2.28. The van der Waals surface area contributed by atoms with Gasteiger partial charge >= 0.3 is 11.7 Å². The van der Waals surface area contributed by atoms with Crippen LogP contribution in [0.4, 0.5) is 11.5 Å². The van der Waals surface area contributed by atoms with E-state index in [0.29, 0.717) is 11.3 Å². The number of nitro benzene ring substituents is 1. The lowest BCUT2D eigenvalue weighted by Crippen LogP contribution is -2.35. The SMILES string of the molecule is C=CCOC(=O)C1=C(C)Nc2[nH]c(=O)[nH]c(=O)c2C1c1cccc([N+](=O)[O-])c1. The average Bonchev–Trinajstić information content (AvgIpc) is 2.64. The van der Waals surface area contributed by atoms with Gasteiger partial charge in [-0.25, -0.2) is 9.59 Å². The van der Waals surface area contributed by atoms with Gasteiger partial charge in [0, 0.05) is 17.8 Å². The van der Waals surface area contributed by atoms with Gasteiger partial charge in [0.2, 0.25) is 0 Å². The molecule has 0 fully saturated rings. The quantitative estimate of drug-likeness (QED) is 0.306. The zero-order chi connectivity index (χ0) is 20.4. The van der Waals surface area contributed by atoms with E-state index in [2.05, 4.69) is 21.9 Å². The Morgan fingerprint density at radius 2 is 2.11 bits per heavy atom. The number of anilines is 1. The van der Waals surface area contributed by atoms with Crippen molar-refractivity contribution in [3.8, 4) is 0 Å². The number of hydrogen-bond acceptors (Lipinski definition) is 7. The van der Waals surface area contributed by atoms with Gasteiger partial charge in [-0.2, -0.15) is 0 Å². The predicted octanol–water partition coefficient (Wildman–Crippen LogP) is 1.53. The molecule has 0 radical (unpaired) electrons. The van der Waals surface area contributed by atoms with E-state index in [1.54, 1.807) is 13.0 Å². The number of benzene rings is 1. The van der Waals surface area contributed by atoms with Crippen LogP contribution in [-0.4, -0.2) is 27.5 Å². The van der Waals surface area contributed by atoms with Gasteiger partial charge in [-0.1, -0.05) is 24.8 Å². The zero-order valence-corrected chi connectivity index (χ0v) is 14.8. The highest BCUT2D eigenvalue weighted by Crippen LogP contribution is 2.39. The molecule has 10 heteroatoms. The Bertz CT molecular complexity index is 1130. The zero-order valence-electron chi connectivity index (χ0n) is 14.8. The highest BCUT2D eigenvalue weighted by Gasteiger charge is 2.36. The summed E-state index contributed by atoms with van der Waals surface area (Å²) in [6.45, 7) is 5.02. The number of nitrogens with one attached hydrogen (secondary N) is 3. The van der Waals surface area contributed by atoms with E-state index in [-0.39, 0.29) is 29.2 Å². The lowest BCUT2D eigenvalue weighted by molar-refractivity contribution is -0.384. The number of hydrogen-bond donors (Lipinski definition) is 3. The third kappa shape index (κ3) is 3.34. The van der Waals surface area contributed by atoms with Crippen LogP contribution in [-0.2, 0) is 9.53 Å². The summed E-state index contributed by atoms with van der Waals surface area (Å²) < 4.78 is 5.14. The summed E-state index contributed by atoms with van der Waals surface area (Å²) in [6.07, 6.45) is 1.39. The van der Waals surface area contributed by atoms with E-state index < -0.39 is 28.1 Å². The molecule has 1 aliphatic heterocycles. The van der Waals surface area contributed by atoms with Crippen LogP contribution in [0.5, 0.6) is 0 Å². The van der Waals surface area contributed by atoms with Crippen LogP contribution in [0.15, 0.2) is 57.8 Å². The van der Waals surface area contributed by atoms with Gasteiger partial charge in [-0.05, 0) is 12.5 Å². The second-order valence-corrected chi connectivity index (χ2v) is 6.03. The molecule has 0 bridgehead atoms. The fraction of sp³-hybridized carbons (Fsp3) is 0.167. The van der Waals surface area contributed by atoms with Crippen molar-refractivity contribution in [2.45, 2.75) is 12.8 Å². The van der Waals surface area contributed by atoms with Crippen LogP contribution < -0.4 is 16.6 Å². The van der Waals surface area contributed by atoms with Crippen molar-refractivity contribution in [2.24, 2.45) is 0 Å². The number of aromatic nitrogens is 2. The monoisotopic (exact) mass is 384 g/mol. The maximum Gasteiger partial charge on any atom is 0.337 e. The number of nitro groups is 1. The van der Waals surface area contributed by atoms with Crippen LogP contribution in [0.25, 0.3) is 0 Å². The number of non-ortho nitro benzene ring substituents is 1. The summed E-state index contributed by atoms with van der Waals surface area (Å²) in [5.74, 6) is -1.57. The second-order valence-electron chi connectivity index (χ2n) is 6.03. The minimum atomic E-state index is -0.978. The van der Waals surface area contributed by atoms with E-state index in [0.717, 1.165) is 0 Å². The number of aromatic amines is 2. The number of H-pyrrole nitrogens is 2. The van der Waals surface area contributed by atoms with Gasteiger partial charge in [0.1, 0.15) is 12.4 Å². The van der Waals surface area contributed by atoms with E-state index in [1.807, 2.05) is 0 Å². The molecule has 2 heterocycles. The minimum absolute atomic E-state index is 0.0495. The average molecular weight is 384 g/mol. The first-order valence-corrected chi connectivity index (χ1v) is 8.20. The molecule has 2 aromatic rings. The van der Waals surface area contributed by atoms with Crippen LogP contribution >= 0.6 is 0 Å². The van der Waals surface area contributed by atoms with Gasteiger partial charge in [0.05, 0.1) is 22.0 Å². The maximum atomic E-state index is 12.7. The molecule has 0 saturated heterocycles. The number of allylic oxidation sites excluding steroid dienone is 1. The first kappa shape index (κ1) is 18.8. The molecule has 3 N–H and O–H groups in total. The number of fused-ring (bicyclic) bond motifs is 1. The highest BCUT2D eigenvalue weighted by atomic mass is 16.6. The molecule has 1 unspecified atom stereocenters. The number of rotatable bonds is 5. The van der Waals surface area contributed by atoms with Gasteiger partial charge in [0.25, 0.3) is 11.2 Å². The molecule has 0 amide bonds. The Kier molecular flexibility index (Phi) is 4.94. The number of esters is 1. The smallest absolute Gasteiger partial charge is 0.337 e. The van der Waals surface area contributed by atoms with Crippen molar-refractivity contribution in [3.63, 3.8) is 0 Å². The Labute approximate surface area is 157 Å². The van der Waals surface area contributed by atoms with Crippen LogP contribution in [0, 0.1) is 10.1 Å². The largest absolute Gasteiger partial charge is 0.458 e. The molecule has 1 aromatic heterocycles. The van der Waals surface area contributed by atoms with E-state index in [1.165, 1.54) is 24.3 Å². The van der Waals surface area contributed by atoms with Crippen molar-refractivity contribution in [1.82, 2.24) is 9.97 Å². The third-order valence-corrected chi connectivity index (χ3v) is 4.24. The Balaban J connectivity index is 2.27. The van der Waals surface area contributed by atoms with E-state index in [9.17, 15) is 24.5 Å². The lowest BCUT2D eigenvalue weighted by atomic mass is 9.82. The molecule has 144 valence electrons. The first-order chi connectivity index (χ1) is 13.3. The third-order valence-electron chi connectivity index (χ3n) is 4.24. The molecular formula is C18H16N4O6. The van der Waals surface area contributed by atoms with Gasteiger partial charge in [-0.15, -0.1) is 0 Å². The molecule has 0 saturated carbocycles. The second kappa shape index (κ2) is 7.35. The Hall–Kier alpha value is -3.95. The molecular weight excluding hydrogens is 368 g/mol. The molecule has 0 spiro atoms. The van der Waals surface area contributed by atoms with Gasteiger partial charge in [-0.3, -0.25) is 24.9 Å². The van der Waals surface area contributed by atoms with Crippen LogP contribution in [0.1, 0.15) is 24.0 Å². The fourth-order valence-electron chi connectivity index (χ4n) is 3.12. The summed E-state index contributed by atoms with van der Waals surface area (Å²) in [5, 5.41) is 14.0. The molecule has 28 heavy (non-hydrogen) atoms. The molecule has 3 rings (SSSR count). The summed E-state index contributed by atoms with van der Waals surface area (Å²) >= 11 is 0. The number of carbonyl (C=O) groups is 1. The number of nitrogens with zero attached hydrogens (tertiary/aromatic N) is 1.